The smallest absolute Gasteiger partial charge is 0.319 e. The Bertz CT molecular complexity index is 381. The Morgan fingerprint density at radius 2 is 2.33 bits per heavy atom. The summed E-state index contributed by atoms with van der Waals surface area (Å²) >= 11 is 0. The lowest BCUT2D eigenvalue weighted by molar-refractivity contribution is -0.122. The van der Waals surface area contributed by atoms with Crippen molar-refractivity contribution < 1.29 is 13.6 Å². The Kier molecular flexibility index (Phi) is 5.70. The highest BCUT2D eigenvalue weighted by molar-refractivity contribution is 5.77. The zero-order chi connectivity index (χ0) is 13.5. The molecule has 1 heterocycles. The van der Waals surface area contributed by atoms with Crippen molar-refractivity contribution in [2.75, 3.05) is 20.1 Å². The fourth-order valence-corrected chi connectivity index (χ4v) is 1.51. The number of imidazole rings is 1. The summed E-state index contributed by atoms with van der Waals surface area (Å²) in [6.07, 6.45) is 3.42. The Balaban J connectivity index is 2.46. The average molecular weight is 260 g/mol. The molecule has 1 N–H and O–H groups in total. The van der Waals surface area contributed by atoms with Crippen LogP contribution in [0.5, 0.6) is 0 Å². The van der Waals surface area contributed by atoms with Gasteiger partial charge in [0.1, 0.15) is 5.82 Å². The number of rotatable bonds is 7. The zero-order valence-corrected chi connectivity index (χ0v) is 10.6. The van der Waals surface area contributed by atoms with E-state index in [1.54, 1.807) is 11.9 Å². The Morgan fingerprint density at radius 1 is 1.61 bits per heavy atom. The second-order valence-electron chi connectivity index (χ2n) is 4.05. The first-order valence-electron chi connectivity index (χ1n) is 5.79. The third-order valence-electron chi connectivity index (χ3n) is 2.36. The van der Waals surface area contributed by atoms with Crippen molar-refractivity contribution in [3.63, 3.8) is 0 Å². The topological polar surface area (TPSA) is 50.2 Å². The Labute approximate surface area is 105 Å². The number of aromatic nitrogens is 2. The van der Waals surface area contributed by atoms with E-state index in [9.17, 15) is 13.6 Å². The largest absolute Gasteiger partial charge is 0.355 e. The van der Waals surface area contributed by atoms with Gasteiger partial charge >= 0.3 is 6.55 Å². The SMILES string of the molecule is CCCNC(=O)CN(C)Cc1nccn1C(F)F. The molecule has 0 aliphatic carbocycles. The molecular weight excluding hydrogens is 242 g/mol. The third-order valence-corrected chi connectivity index (χ3v) is 2.36. The first-order chi connectivity index (χ1) is 8.54. The van der Waals surface area contributed by atoms with Crippen LogP contribution in [0, 0.1) is 0 Å². The number of likely N-dealkylation sites (N-methyl/N-ethyl adjacent to an activating group) is 1. The quantitative estimate of drug-likeness (QED) is 0.802. The number of carbonyl (C=O) groups excluding carboxylic acids is 1. The van der Waals surface area contributed by atoms with Gasteiger partial charge in [-0.1, -0.05) is 6.92 Å². The molecule has 18 heavy (non-hydrogen) atoms. The molecule has 0 radical (unpaired) electrons. The van der Waals surface area contributed by atoms with Crippen LogP contribution >= 0.6 is 0 Å². The third kappa shape index (κ3) is 4.40. The lowest BCUT2D eigenvalue weighted by atomic mass is 10.4. The van der Waals surface area contributed by atoms with Gasteiger partial charge in [-0.3, -0.25) is 14.3 Å². The summed E-state index contributed by atoms with van der Waals surface area (Å²) in [4.78, 5) is 16.9. The average Bonchev–Trinajstić information content (AvgIpc) is 2.74. The molecule has 0 saturated heterocycles. The predicted octanol–water partition coefficient (Wildman–Crippen LogP) is 1.24. The van der Waals surface area contributed by atoms with Crippen LogP contribution in [0.15, 0.2) is 12.4 Å². The molecule has 0 fully saturated rings. The minimum Gasteiger partial charge on any atom is -0.355 e. The summed E-state index contributed by atoms with van der Waals surface area (Å²) in [5.74, 6) is 0.130. The van der Waals surface area contributed by atoms with Crippen LogP contribution in [0.2, 0.25) is 0 Å². The highest BCUT2D eigenvalue weighted by Gasteiger charge is 2.14. The van der Waals surface area contributed by atoms with Gasteiger partial charge in [0.05, 0.1) is 13.1 Å². The van der Waals surface area contributed by atoms with Crippen LogP contribution in [-0.4, -0.2) is 40.5 Å². The molecule has 0 aromatic carbocycles. The van der Waals surface area contributed by atoms with Crippen molar-refractivity contribution in [3.8, 4) is 0 Å². The summed E-state index contributed by atoms with van der Waals surface area (Å²) in [5, 5.41) is 2.72. The van der Waals surface area contributed by atoms with Gasteiger partial charge < -0.3 is 5.32 Å². The van der Waals surface area contributed by atoms with Crippen molar-refractivity contribution in [2.24, 2.45) is 0 Å². The monoisotopic (exact) mass is 260 g/mol. The fraction of sp³-hybridized carbons (Fsp3) is 0.636. The summed E-state index contributed by atoms with van der Waals surface area (Å²) in [6.45, 7) is 0.346. The summed E-state index contributed by atoms with van der Waals surface area (Å²) in [5.41, 5.74) is 0. The lowest BCUT2D eigenvalue weighted by Gasteiger charge is -2.16. The molecule has 1 amide bonds. The van der Waals surface area contributed by atoms with Crippen molar-refractivity contribution in [3.05, 3.63) is 18.2 Å². The number of nitrogens with zero attached hydrogens (tertiary/aromatic N) is 3. The number of alkyl halides is 2. The van der Waals surface area contributed by atoms with Crippen LogP contribution < -0.4 is 5.32 Å². The fourth-order valence-electron chi connectivity index (χ4n) is 1.51. The minimum absolute atomic E-state index is 0.116. The molecule has 102 valence electrons. The van der Waals surface area contributed by atoms with E-state index in [1.165, 1.54) is 12.4 Å². The van der Waals surface area contributed by atoms with E-state index >= 15 is 0 Å². The Morgan fingerprint density at radius 3 is 2.94 bits per heavy atom. The van der Waals surface area contributed by atoms with Crippen LogP contribution in [0.1, 0.15) is 25.7 Å². The molecule has 7 heteroatoms. The van der Waals surface area contributed by atoms with E-state index < -0.39 is 6.55 Å². The van der Waals surface area contributed by atoms with Crippen molar-refractivity contribution in [1.82, 2.24) is 19.8 Å². The van der Waals surface area contributed by atoms with Crippen LogP contribution in [0.25, 0.3) is 0 Å². The molecule has 0 spiro atoms. The molecular formula is C11H18F2N4O. The maximum absolute atomic E-state index is 12.6. The molecule has 0 unspecified atom stereocenters. The molecule has 0 atom stereocenters. The first kappa shape index (κ1) is 14.6. The van der Waals surface area contributed by atoms with E-state index in [4.69, 9.17) is 0 Å². The van der Waals surface area contributed by atoms with Crippen LogP contribution in [-0.2, 0) is 11.3 Å². The Hall–Kier alpha value is -1.50. The normalized spacial score (nSPS) is 11.2. The molecule has 0 aliphatic heterocycles. The standard InChI is InChI=1S/C11H18F2N4O/c1-3-4-15-10(18)8-16(2)7-9-14-5-6-17(9)11(12)13/h5-6,11H,3-4,7-8H2,1-2H3,(H,15,18). The molecule has 5 nitrogen and oxygen atoms in total. The summed E-state index contributed by atoms with van der Waals surface area (Å²) in [6, 6.07) is 0. The first-order valence-corrected chi connectivity index (χ1v) is 5.79. The number of halogens is 2. The summed E-state index contributed by atoms with van der Waals surface area (Å²) < 4.78 is 25.9. The summed E-state index contributed by atoms with van der Waals surface area (Å²) in [7, 11) is 1.69. The minimum atomic E-state index is -2.61. The van der Waals surface area contributed by atoms with Gasteiger partial charge in [-0.15, -0.1) is 0 Å². The molecule has 1 aromatic heterocycles. The van der Waals surface area contributed by atoms with Gasteiger partial charge in [-0.2, -0.15) is 8.78 Å². The van der Waals surface area contributed by atoms with Crippen molar-refractivity contribution in [2.45, 2.75) is 26.4 Å². The second kappa shape index (κ2) is 7.05. The number of carbonyl (C=O) groups is 1. The van der Waals surface area contributed by atoms with Gasteiger partial charge in [0.2, 0.25) is 5.91 Å². The van der Waals surface area contributed by atoms with Gasteiger partial charge in [-0.25, -0.2) is 4.98 Å². The van der Waals surface area contributed by atoms with E-state index in [2.05, 4.69) is 10.3 Å². The van der Waals surface area contributed by atoms with Crippen molar-refractivity contribution >= 4 is 5.91 Å². The molecule has 0 bridgehead atoms. The number of nitrogens with one attached hydrogen (secondary N) is 1. The van der Waals surface area contributed by atoms with Crippen molar-refractivity contribution in [1.29, 1.82) is 0 Å². The number of hydrogen-bond acceptors (Lipinski definition) is 3. The zero-order valence-electron chi connectivity index (χ0n) is 10.6. The van der Waals surface area contributed by atoms with Gasteiger partial charge in [-0.05, 0) is 13.5 Å². The molecule has 0 saturated carbocycles. The highest BCUT2D eigenvalue weighted by atomic mass is 19.3. The van der Waals surface area contributed by atoms with Crippen LogP contribution in [0.3, 0.4) is 0 Å². The molecule has 1 aromatic rings. The highest BCUT2D eigenvalue weighted by Crippen LogP contribution is 2.13. The van der Waals surface area contributed by atoms with E-state index in [-0.39, 0.29) is 24.8 Å². The van der Waals surface area contributed by atoms with E-state index in [1.807, 2.05) is 6.92 Å². The maximum Gasteiger partial charge on any atom is 0.319 e. The second-order valence-corrected chi connectivity index (χ2v) is 4.05. The van der Waals surface area contributed by atoms with Crippen LogP contribution in [0.4, 0.5) is 8.78 Å². The molecule has 1 rings (SSSR count). The predicted molar refractivity (Wildman–Crippen MR) is 63.1 cm³/mol. The van der Waals surface area contributed by atoms with Gasteiger partial charge in [0.15, 0.2) is 0 Å². The van der Waals surface area contributed by atoms with Gasteiger partial charge in [0.25, 0.3) is 0 Å². The lowest BCUT2D eigenvalue weighted by Crippen LogP contribution is -2.35. The van der Waals surface area contributed by atoms with E-state index in [0.29, 0.717) is 6.54 Å². The molecule has 0 aliphatic rings. The van der Waals surface area contributed by atoms with Gasteiger partial charge in [0, 0.05) is 18.9 Å². The van der Waals surface area contributed by atoms with E-state index in [0.717, 1.165) is 11.0 Å². The maximum atomic E-state index is 12.6. The number of hydrogen-bond donors (Lipinski definition) is 1. The number of amides is 1.